The molecule has 1 saturated carbocycles. The third-order valence-electron chi connectivity index (χ3n) is 5.46. The lowest BCUT2D eigenvalue weighted by atomic mass is 9.92. The summed E-state index contributed by atoms with van der Waals surface area (Å²) in [7, 11) is 0. The van der Waals surface area contributed by atoms with Crippen LogP contribution in [0.1, 0.15) is 57.4 Å². The first-order valence-electron chi connectivity index (χ1n) is 10.4. The number of hydrogen-bond acceptors (Lipinski definition) is 2. The maximum Gasteiger partial charge on any atom is 0.387 e. The zero-order chi connectivity index (χ0) is 22.5. The molecule has 0 unspecified atom stereocenters. The first-order valence-corrected chi connectivity index (χ1v) is 10.4. The largest absolute Gasteiger partial charge is 0.432 e. The van der Waals surface area contributed by atoms with Gasteiger partial charge in [-0.2, -0.15) is 8.78 Å². The summed E-state index contributed by atoms with van der Waals surface area (Å²) in [6.07, 6.45) is 4.58. The number of anilines is 2. The highest BCUT2D eigenvalue weighted by atomic mass is 19.3. The molecule has 3 rings (SSSR count). The monoisotopic (exact) mass is 438 g/mol. The Kier molecular flexibility index (Phi) is 7.41. The number of nitrogens with one attached hydrogen (secondary N) is 1. The molecular formula is C23H26F4N2O2. The maximum absolute atomic E-state index is 13.8. The van der Waals surface area contributed by atoms with Gasteiger partial charge < -0.3 is 10.1 Å². The molecule has 0 bridgehead atoms. The third-order valence-corrected chi connectivity index (χ3v) is 5.46. The number of benzene rings is 2. The van der Waals surface area contributed by atoms with E-state index in [0.29, 0.717) is 17.8 Å². The van der Waals surface area contributed by atoms with Crippen molar-refractivity contribution < 1.29 is 27.1 Å². The molecule has 0 radical (unpaired) electrons. The van der Waals surface area contributed by atoms with Crippen molar-refractivity contribution in [2.24, 2.45) is 0 Å². The number of hydrogen-bond donors (Lipinski definition) is 1. The normalized spacial score (nSPS) is 14.7. The molecule has 2 amide bonds. The number of alkyl halides is 2. The fourth-order valence-electron chi connectivity index (χ4n) is 4.00. The van der Waals surface area contributed by atoms with Crippen LogP contribution < -0.4 is 15.0 Å². The molecule has 0 aliphatic heterocycles. The maximum atomic E-state index is 13.8. The standard InChI is InChI=1S/C23H26F4N2O2/c1-14(2)16-10-6-7-11-20(16)29(15-8-4-3-5-9-15)23(30)28-19-12-17(24)18(25)13-21(19)31-22(26)27/h6-7,10-15,22H,3-5,8-9H2,1-2H3,(H,28,30). The second-order valence-electron chi connectivity index (χ2n) is 7.95. The quantitative estimate of drug-likeness (QED) is 0.491. The van der Waals surface area contributed by atoms with E-state index in [1.165, 1.54) is 0 Å². The smallest absolute Gasteiger partial charge is 0.387 e. The van der Waals surface area contributed by atoms with E-state index in [9.17, 15) is 22.4 Å². The van der Waals surface area contributed by atoms with Crippen molar-refractivity contribution in [3.8, 4) is 5.75 Å². The van der Waals surface area contributed by atoms with Gasteiger partial charge in [-0.25, -0.2) is 13.6 Å². The van der Waals surface area contributed by atoms with E-state index < -0.39 is 30.0 Å². The van der Waals surface area contributed by atoms with Gasteiger partial charge in [0.2, 0.25) is 0 Å². The highest BCUT2D eigenvalue weighted by Gasteiger charge is 2.30. The molecule has 0 saturated heterocycles. The van der Waals surface area contributed by atoms with E-state index in [4.69, 9.17) is 0 Å². The molecule has 0 atom stereocenters. The number of carbonyl (C=O) groups excluding carboxylic acids is 1. The first-order chi connectivity index (χ1) is 14.8. The van der Waals surface area contributed by atoms with Crippen LogP contribution in [0.5, 0.6) is 5.75 Å². The summed E-state index contributed by atoms with van der Waals surface area (Å²) in [6.45, 7) is 0.774. The van der Waals surface area contributed by atoms with E-state index in [-0.39, 0.29) is 17.6 Å². The van der Waals surface area contributed by atoms with Gasteiger partial charge in [-0.3, -0.25) is 4.90 Å². The number of para-hydroxylation sites is 1. The minimum Gasteiger partial charge on any atom is -0.432 e. The van der Waals surface area contributed by atoms with Crippen LogP contribution in [0.2, 0.25) is 0 Å². The molecule has 2 aromatic carbocycles. The number of amides is 2. The number of rotatable bonds is 6. The van der Waals surface area contributed by atoms with Crippen LogP contribution in [0, 0.1) is 11.6 Å². The van der Waals surface area contributed by atoms with Gasteiger partial charge in [0.05, 0.1) is 5.69 Å². The number of nitrogens with zero attached hydrogens (tertiary/aromatic N) is 1. The fourth-order valence-corrected chi connectivity index (χ4v) is 4.00. The summed E-state index contributed by atoms with van der Waals surface area (Å²) >= 11 is 0. The number of ether oxygens (including phenoxy) is 1. The molecule has 1 fully saturated rings. The summed E-state index contributed by atoms with van der Waals surface area (Å²) in [6, 6.07) is 7.94. The average molecular weight is 438 g/mol. The molecule has 4 nitrogen and oxygen atoms in total. The SMILES string of the molecule is CC(C)c1ccccc1N(C(=O)Nc1cc(F)c(F)cc1OC(F)F)C1CCCCC1. The Balaban J connectivity index is 1.99. The lowest BCUT2D eigenvalue weighted by molar-refractivity contribution is -0.0495. The number of urea groups is 1. The van der Waals surface area contributed by atoms with Crippen LogP contribution in [0.25, 0.3) is 0 Å². The topological polar surface area (TPSA) is 41.6 Å². The summed E-state index contributed by atoms with van der Waals surface area (Å²) in [5, 5.41) is 2.47. The van der Waals surface area contributed by atoms with E-state index in [0.717, 1.165) is 37.7 Å². The minimum absolute atomic E-state index is 0.0987. The lowest BCUT2D eigenvalue weighted by Gasteiger charge is -2.36. The molecule has 0 spiro atoms. The van der Waals surface area contributed by atoms with Gasteiger partial charge in [0, 0.05) is 23.9 Å². The van der Waals surface area contributed by atoms with Gasteiger partial charge in [0.25, 0.3) is 0 Å². The lowest BCUT2D eigenvalue weighted by Crippen LogP contribution is -2.44. The van der Waals surface area contributed by atoms with Crippen LogP contribution in [-0.4, -0.2) is 18.7 Å². The van der Waals surface area contributed by atoms with E-state index in [2.05, 4.69) is 10.1 Å². The molecule has 31 heavy (non-hydrogen) atoms. The van der Waals surface area contributed by atoms with E-state index >= 15 is 0 Å². The zero-order valence-corrected chi connectivity index (χ0v) is 17.5. The van der Waals surface area contributed by atoms with E-state index in [1.54, 1.807) is 4.90 Å². The summed E-state index contributed by atoms with van der Waals surface area (Å²) in [4.78, 5) is 15.0. The van der Waals surface area contributed by atoms with Gasteiger partial charge in [0.15, 0.2) is 17.4 Å². The Morgan fingerprint density at radius 2 is 1.71 bits per heavy atom. The second kappa shape index (κ2) is 10.0. The summed E-state index contributed by atoms with van der Waals surface area (Å²) < 4.78 is 57.2. The van der Waals surface area contributed by atoms with Gasteiger partial charge in [-0.05, 0) is 30.4 Å². The van der Waals surface area contributed by atoms with Gasteiger partial charge in [0.1, 0.15) is 0 Å². The predicted molar refractivity (Wildman–Crippen MR) is 112 cm³/mol. The van der Waals surface area contributed by atoms with Gasteiger partial charge >= 0.3 is 12.6 Å². The van der Waals surface area contributed by atoms with Crippen molar-refractivity contribution >= 4 is 17.4 Å². The summed E-state index contributed by atoms with van der Waals surface area (Å²) in [5.74, 6) is -3.12. The second-order valence-corrected chi connectivity index (χ2v) is 7.95. The van der Waals surface area contributed by atoms with Crippen molar-refractivity contribution in [2.45, 2.75) is 64.5 Å². The third kappa shape index (κ3) is 5.48. The zero-order valence-electron chi connectivity index (χ0n) is 17.5. The highest BCUT2D eigenvalue weighted by Crippen LogP contribution is 2.35. The van der Waals surface area contributed by atoms with E-state index in [1.807, 2.05) is 38.1 Å². The molecule has 1 aliphatic rings. The highest BCUT2D eigenvalue weighted by molar-refractivity contribution is 6.03. The molecule has 0 aromatic heterocycles. The van der Waals surface area contributed by atoms with Gasteiger partial charge in [-0.15, -0.1) is 0 Å². The van der Waals surface area contributed by atoms with Crippen LogP contribution in [0.4, 0.5) is 33.7 Å². The molecular weight excluding hydrogens is 412 g/mol. The summed E-state index contributed by atoms with van der Waals surface area (Å²) in [5.41, 5.74) is 1.31. The predicted octanol–water partition coefficient (Wildman–Crippen LogP) is 7.06. The number of carbonyl (C=O) groups is 1. The molecule has 1 N–H and O–H groups in total. The minimum atomic E-state index is -3.25. The van der Waals surface area contributed by atoms with Crippen LogP contribution in [0.3, 0.4) is 0 Å². The average Bonchev–Trinajstić information content (AvgIpc) is 2.72. The van der Waals surface area contributed by atoms with Crippen molar-refractivity contribution in [2.75, 3.05) is 10.2 Å². The Hall–Kier alpha value is -2.77. The Bertz CT molecular complexity index is 914. The Morgan fingerprint density at radius 1 is 1.06 bits per heavy atom. The van der Waals surface area contributed by atoms with Crippen molar-refractivity contribution in [3.63, 3.8) is 0 Å². The van der Waals surface area contributed by atoms with Crippen LogP contribution in [-0.2, 0) is 0 Å². The van der Waals surface area contributed by atoms with Crippen molar-refractivity contribution in [1.29, 1.82) is 0 Å². The Morgan fingerprint density at radius 3 is 2.35 bits per heavy atom. The van der Waals surface area contributed by atoms with Gasteiger partial charge in [-0.1, -0.05) is 51.3 Å². The number of halogens is 4. The molecule has 168 valence electrons. The Labute approximate surface area is 179 Å². The molecule has 2 aromatic rings. The molecule has 8 heteroatoms. The van der Waals surface area contributed by atoms with Crippen molar-refractivity contribution in [3.05, 3.63) is 53.6 Å². The first kappa shape index (κ1) is 22.9. The molecule has 1 aliphatic carbocycles. The van der Waals surface area contributed by atoms with Crippen LogP contribution >= 0.6 is 0 Å². The van der Waals surface area contributed by atoms with Crippen molar-refractivity contribution in [1.82, 2.24) is 0 Å². The molecule has 0 heterocycles. The van der Waals surface area contributed by atoms with Crippen LogP contribution in [0.15, 0.2) is 36.4 Å². The fraction of sp³-hybridized carbons (Fsp3) is 0.435.